The Morgan fingerprint density at radius 3 is 2.30 bits per heavy atom. The van der Waals surface area contributed by atoms with E-state index >= 15 is 0 Å². The molecule has 3 fully saturated rings. The molecule has 1 aliphatic carbocycles. The second-order valence-electron chi connectivity index (χ2n) is 8.72. The van der Waals surface area contributed by atoms with Crippen LogP contribution in [0.4, 0.5) is 0 Å². The van der Waals surface area contributed by atoms with Gasteiger partial charge in [0.1, 0.15) is 6.61 Å². The molecule has 0 spiro atoms. The second kappa shape index (κ2) is 11.7. The van der Waals surface area contributed by atoms with Gasteiger partial charge in [-0.15, -0.1) is 16.8 Å². The summed E-state index contributed by atoms with van der Waals surface area (Å²) in [6.45, 7) is 2.34. The topological polar surface area (TPSA) is 127 Å². The van der Waals surface area contributed by atoms with Gasteiger partial charge in [-0.1, -0.05) is 0 Å². The highest BCUT2D eigenvalue weighted by Crippen LogP contribution is 2.33. The van der Waals surface area contributed by atoms with E-state index in [2.05, 4.69) is 0 Å². The van der Waals surface area contributed by atoms with E-state index in [9.17, 15) is 28.8 Å². The van der Waals surface area contributed by atoms with Crippen LogP contribution in [0.1, 0.15) is 58.3 Å². The largest absolute Gasteiger partial charge is 0.374 e. The third-order valence-electron chi connectivity index (χ3n) is 6.07. The zero-order valence-electron chi connectivity index (χ0n) is 18.8. The van der Waals surface area contributed by atoms with Gasteiger partial charge in [0, 0.05) is 32.4 Å². The Kier molecular flexibility index (Phi) is 9.02. The zero-order chi connectivity index (χ0) is 24.0. The fourth-order valence-corrected chi connectivity index (χ4v) is 5.34. The summed E-state index contributed by atoms with van der Waals surface area (Å²) in [5.41, 5.74) is 0. The number of thioether (sulfide) groups is 1. The van der Waals surface area contributed by atoms with Crippen molar-refractivity contribution in [2.45, 2.75) is 63.5 Å². The average Bonchev–Trinajstić information content (AvgIpc) is 3.23. The SMILES string of the molecule is CC(=O)COCCCSC1CC(=O)N(C[C@H]2CC[C@H](C(=O)ON3C(=O)CCC3=O)CC2)C1=O. The van der Waals surface area contributed by atoms with Crippen molar-refractivity contribution in [3.8, 4) is 0 Å². The van der Waals surface area contributed by atoms with E-state index in [1.165, 1.54) is 23.6 Å². The van der Waals surface area contributed by atoms with Crippen molar-refractivity contribution in [2.75, 3.05) is 25.5 Å². The number of amides is 4. The first-order chi connectivity index (χ1) is 15.8. The van der Waals surface area contributed by atoms with Gasteiger partial charge in [0.05, 0.1) is 11.2 Å². The van der Waals surface area contributed by atoms with Crippen molar-refractivity contribution in [1.29, 1.82) is 0 Å². The van der Waals surface area contributed by atoms with E-state index in [-0.39, 0.29) is 54.6 Å². The number of imide groups is 2. The van der Waals surface area contributed by atoms with E-state index in [4.69, 9.17) is 9.57 Å². The summed E-state index contributed by atoms with van der Waals surface area (Å²) in [5, 5.41) is 0.190. The molecule has 3 aliphatic rings. The lowest BCUT2D eigenvalue weighted by Gasteiger charge is -2.30. The smallest absolute Gasteiger partial charge is 0.336 e. The normalized spacial score (nSPS) is 25.8. The zero-order valence-corrected chi connectivity index (χ0v) is 19.6. The van der Waals surface area contributed by atoms with Crippen LogP contribution in [0.2, 0.25) is 0 Å². The van der Waals surface area contributed by atoms with Gasteiger partial charge in [-0.05, 0) is 50.7 Å². The molecule has 2 saturated heterocycles. The molecule has 3 rings (SSSR count). The van der Waals surface area contributed by atoms with E-state index in [0.29, 0.717) is 56.1 Å². The Hall–Kier alpha value is -2.27. The van der Waals surface area contributed by atoms with Crippen LogP contribution in [-0.4, -0.2) is 76.1 Å². The number of likely N-dealkylation sites (tertiary alicyclic amines) is 1. The number of Topliss-reactive ketones (excluding diaryl/α,β-unsaturated/α-hetero) is 1. The van der Waals surface area contributed by atoms with Crippen LogP contribution in [0.3, 0.4) is 0 Å². The minimum Gasteiger partial charge on any atom is -0.374 e. The van der Waals surface area contributed by atoms with Crippen molar-refractivity contribution < 1.29 is 38.3 Å². The van der Waals surface area contributed by atoms with Crippen molar-refractivity contribution in [3.63, 3.8) is 0 Å². The second-order valence-corrected chi connectivity index (χ2v) is 10.0. The quantitative estimate of drug-likeness (QED) is 0.316. The molecule has 33 heavy (non-hydrogen) atoms. The average molecular weight is 483 g/mol. The Morgan fingerprint density at radius 1 is 1.00 bits per heavy atom. The maximum Gasteiger partial charge on any atom is 0.336 e. The summed E-state index contributed by atoms with van der Waals surface area (Å²) >= 11 is 1.44. The van der Waals surface area contributed by atoms with E-state index in [1.807, 2.05) is 0 Å². The molecule has 1 saturated carbocycles. The predicted octanol–water partition coefficient (Wildman–Crippen LogP) is 1.26. The molecule has 2 heterocycles. The molecular formula is C22H30N2O8S. The summed E-state index contributed by atoms with van der Waals surface area (Å²) in [6, 6.07) is 0. The number of carbonyl (C=O) groups is 6. The first kappa shape index (κ1) is 25.4. The van der Waals surface area contributed by atoms with E-state index in [1.54, 1.807) is 0 Å². The molecule has 0 aromatic rings. The first-order valence-corrected chi connectivity index (χ1v) is 12.4. The summed E-state index contributed by atoms with van der Waals surface area (Å²) < 4.78 is 5.21. The highest BCUT2D eigenvalue weighted by atomic mass is 32.2. The van der Waals surface area contributed by atoms with Gasteiger partial charge in [0.2, 0.25) is 11.8 Å². The number of ether oxygens (including phenoxy) is 1. The fourth-order valence-electron chi connectivity index (χ4n) is 4.24. The molecule has 1 unspecified atom stereocenters. The van der Waals surface area contributed by atoms with Gasteiger partial charge in [0.15, 0.2) is 5.78 Å². The molecule has 182 valence electrons. The molecule has 0 aromatic carbocycles. The number of ketones is 1. The Balaban J connectivity index is 1.37. The van der Waals surface area contributed by atoms with Crippen molar-refractivity contribution >= 4 is 47.1 Å². The lowest BCUT2D eigenvalue weighted by molar-refractivity contribution is -0.201. The van der Waals surface area contributed by atoms with Crippen LogP contribution in [0, 0.1) is 11.8 Å². The Bertz CT molecular complexity index is 792. The highest BCUT2D eigenvalue weighted by Gasteiger charge is 2.41. The molecule has 4 amide bonds. The molecule has 0 bridgehead atoms. The minimum absolute atomic E-state index is 0.0300. The lowest BCUT2D eigenvalue weighted by atomic mass is 9.82. The molecule has 0 radical (unpaired) electrons. The Morgan fingerprint density at radius 2 is 1.67 bits per heavy atom. The van der Waals surface area contributed by atoms with Crippen LogP contribution in [-0.2, 0) is 38.3 Å². The van der Waals surface area contributed by atoms with Gasteiger partial charge in [-0.2, -0.15) is 0 Å². The number of hydrogen-bond acceptors (Lipinski definition) is 9. The standard InChI is InChI=1S/C22H30N2O8S/c1-14(25)13-31-9-2-10-33-17-11-20(28)23(21(17)29)12-15-3-5-16(6-4-15)22(30)32-24-18(26)7-8-19(24)27/h15-17H,2-13H2,1H3/t15-,16-,17?. The summed E-state index contributed by atoms with van der Waals surface area (Å²) in [7, 11) is 0. The number of hydrogen-bond donors (Lipinski definition) is 0. The summed E-state index contributed by atoms with van der Waals surface area (Å²) in [4.78, 5) is 77.8. The van der Waals surface area contributed by atoms with Gasteiger partial charge in [-0.25, -0.2) is 4.79 Å². The summed E-state index contributed by atoms with van der Waals surface area (Å²) in [6.07, 6.45) is 3.37. The maximum absolute atomic E-state index is 12.7. The van der Waals surface area contributed by atoms with Crippen LogP contribution in [0.25, 0.3) is 0 Å². The molecular weight excluding hydrogens is 452 g/mol. The van der Waals surface area contributed by atoms with Gasteiger partial charge in [0.25, 0.3) is 11.8 Å². The Labute approximate surface area is 196 Å². The van der Waals surface area contributed by atoms with E-state index in [0.717, 1.165) is 0 Å². The van der Waals surface area contributed by atoms with Gasteiger partial charge < -0.3 is 9.57 Å². The number of rotatable bonds is 11. The van der Waals surface area contributed by atoms with Crippen LogP contribution in [0.5, 0.6) is 0 Å². The molecule has 2 aliphatic heterocycles. The first-order valence-electron chi connectivity index (χ1n) is 11.4. The van der Waals surface area contributed by atoms with Crippen molar-refractivity contribution in [2.24, 2.45) is 11.8 Å². The summed E-state index contributed by atoms with van der Waals surface area (Å²) in [5.74, 6) is -1.55. The maximum atomic E-state index is 12.7. The van der Waals surface area contributed by atoms with Crippen LogP contribution < -0.4 is 0 Å². The molecule has 0 aromatic heterocycles. The lowest BCUT2D eigenvalue weighted by Crippen LogP contribution is -2.39. The van der Waals surface area contributed by atoms with Crippen LogP contribution in [0.15, 0.2) is 0 Å². The predicted molar refractivity (Wildman–Crippen MR) is 116 cm³/mol. The monoisotopic (exact) mass is 482 g/mol. The fraction of sp³-hybridized carbons (Fsp3) is 0.727. The number of nitrogens with zero attached hydrogens (tertiary/aromatic N) is 2. The van der Waals surface area contributed by atoms with Gasteiger partial charge in [-0.3, -0.25) is 28.9 Å². The molecule has 10 nitrogen and oxygen atoms in total. The number of carbonyl (C=O) groups excluding carboxylic acids is 6. The van der Waals surface area contributed by atoms with Crippen molar-refractivity contribution in [3.05, 3.63) is 0 Å². The number of hydroxylamine groups is 2. The minimum atomic E-state index is -0.575. The van der Waals surface area contributed by atoms with Gasteiger partial charge >= 0.3 is 5.97 Å². The van der Waals surface area contributed by atoms with Crippen LogP contribution >= 0.6 is 11.8 Å². The third-order valence-corrected chi connectivity index (χ3v) is 7.36. The third kappa shape index (κ3) is 6.86. The van der Waals surface area contributed by atoms with Crippen molar-refractivity contribution in [1.82, 2.24) is 9.96 Å². The highest BCUT2D eigenvalue weighted by molar-refractivity contribution is 8.00. The molecule has 0 N–H and O–H groups in total. The molecule has 1 atom stereocenters. The van der Waals surface area contributed by atoms with E-state index < -0.39 is 23.7 Å². The molecule has 11 heteroatoms.